The van der Waals surface area contributed by atoms with Crippen molar-refractivity contribution < 1.29 is 14.7 Å². The second kappa shape index (κ2) is 6.95. The van der Waals surface area contributed by atoms with E-state index < -0.39 is 5.97 Å². The van der Waals surface area contributed by atoms with Gasteiger partial charge in [0, 0.05) is 25.6 Å². The second-order valence-electron chi connectivity index (χ2n) is 6.31. The quantitative estimate of drug-likeness (QED) is 0.832. The van der Waals surface area contributed by atoms with E-state index >= 15 is 0 Å². The summed E-state index contributed by atoms with van der Waals surface area (Å²) in [7, 11) is 0. The number of rotatable bonds is 4. The molecule has 114 valence electrons. The van der Waals surface area contributed by atoms with Gasteiger partial charge in [0.1, 0.15) is 0 Å². The maximum atomic E-state index is 12.2. The number of urea groups is 1. The van der Waals surface area contributed by atoms with E-state index in [-0.39, 0.29) is 24.4 Å². The molecule has 5 nitrogen and oxygen atoms in total. The molecule has 2 fully saturated rings. The van der Waals surface area contributed by atoms with E-state index in [1.54, 1.807) is 0 Å². The van der Waals surface area contributed by atoms with Crippen LogP contribution in [0.2, 0.25) is 0 Å². The zero-order valence-corrected chi connectivity index (χ0v) is 12.3. The SMILES string of the molecule is CC(NC(=O)N1CCC(CC(=O)O)CC1)C1CCCC1. The third-order valence-corrected chi connectivity index (χ3v) is 4.82. The minimum absolute atomic E-state index is 0.0261. The van der Waals surface area contributed by atoms with Crippen LogP contribution in [0.5, 0.6) is 0 Å². The minimum atomic E-state index is -0.734. The van der Waals surface area contributed by atoms with E-state index in [1.165, 1.54) is 25.7 Å². The maximum absolute atomic E-state index is 12.2. The first kappa shape index (κ1) is 15.1. The van der Waals surface area contributed by atoms with Gasteiger partial charge in [-0.3, -0.25) is 4.79 Å². The molecule has 2 aliphatic rings. The van der Waals surface area contributed by atoms with Crippen molar-refractivity contribution in [3.63, 3.8) is 0 Å². The molecule has 1 atom stereocenters. The van der Waals surface area contributed by atoms with Crippen molar-refractivity contribution in [1.29, 1.82) is 0 Å². The first-order valence-electron chi connectivity index (χ1n) is 7.83. The second-order valence-corrected chi connectivity index (χ2v) is 6.31. The van der Waals surface area contributed by atoms with Gasteiger partial charge in [-0.25, -0.2) is 4.79 Å². The van der Waals surface area contributed by atoms with Gasteiger partial charge in [0.05, 0.1) is 0 Å². The Labute approximate surface area is 120 Å². The number of piperidine rings is 1. The summed E-state index contributed by atoms with van der Waals surface area (Å²) in [5.41, 5.74) is 0. The first-order chi connectivity index (χ1) is 9.56. The number of nitrogens with one attached hydrogen (secondary N) is 1. The van der Waals surface area contributed by atoms with E-state index in [2.05, 4.69) is 12.2 Å². The Balaban J connectivity index is 1.72. The molecule has 2 rings (SSSR count). The number of carboxylic acids is 1. The average Bonchev–Trinajstić information content (AvgIpc) is 2.92. The van der Waals surface area contributed by atoms with Crippen molar-refractivity contribution in [1.82, 2.24) is 10.2 Å². The van der Waals surface area contributed by atoms with Crippen molar-refractivity contribution in [2.45, 2.75) is 57.9 Å². The molecule has 1 heterocycles. The van der Waals surface area contributed by atoms with E-state index in [4.69, 9.17) is 5.11 Å². The molecule has 20 heavy (non-hydrogen) atoms. The van der Waals surface area contributed by atoms with Crippen LogP contribution in [-0.4, -0.2) is 41.1 Å². The number of likely N-dealkylation sites (tertiary alicyclic amines) is 1. The van der Waals surface area contributed by atoms with Crippen LogP contribution in [0.3, 0.4) is 0 Å². The van der Waals surface area contributed by atoms with Crippen molar-refractivity contribution in [3.05, 3.63) is 0 Å². The molecule has 1 aliphatic heterocycles. The molecule has 0 aromatic heterocycles. The van der Waals surface area contributed by atoms with E-state index in [0.29, 0.717) is 19.0 Å². The molecule has 0 radical (unpaired) electrons. The van der Waals surface area contributed by atoms with Crippen LogP contribution < -0.4 is 5.32 Å². The summed E-state index contributed by atoms with van der Waals surface area (Å²) in [6.45, 7) is 3.47. The zero-order valence-electron chi connectivity index (χ0n) is 12.3. The largest absolute Gasteiger partial charge is 0.481 e. The lowest BCUT2D eigenvalue weighted by atomic mass is 9.94. The Morgan fingerprint density at radius 1 is 1.20 bits per heavy atom. The smallest absolute Gasteiger partial charge is 0.317 e. The van der Waals surface area contributed by atoms with Gasteiger partial charge in [-0.2, -0.15) is 0 Å². The molecule has 0 aromatic carbocycles. The Kier molecular flexibility index (Phi) is 5.26. The lowest BCUT2D eigenvalue weighted by molar-refractivity contribution is -0.138. The Hall–Kier alpha value is -1.26. The maximum Gasteiger partial charge on any atom is 0.317 e. The Bertz CT molecular complexity index is 345. The van der Waals surface area contributed by atoms with Gasteiger partial charge >= 0.3 is 12.0 Å². The molecular formula is C15H26N2O3. The zero-order chi connectivity index (χ0) is 14.5. The van der Waals surface area contributed by atoms with Gasteiger partial charge in [-0.05, 0) is 44.4 Å². The van der Waals surface area contributed by atoms with Crippen LogP contribution in [0.4, 0.5) is 4.79 Å². The number of hydrogen-bond donors (Lipinski definition) is 2. The lowest BCUT2D eigenvalue weighted by Crippen LogP contribution is -2.48. The molecule has 1 saturated heterocycles. The van der Waals surface area contributed by atoms with Gasteiger partial charge in [0.15, 0.2) is 0 Å². The molecule has 5 heteroatoms. The molecule has 0 aromatic rings. The van der Waals surface area contributed by atoms with Crippen LogP contribution in [0.25, 0.3) is 0 Å². The number of aliphatic carboxylic acids is 1. The van der Waals surface area contributed by atoms with Crippen molar-refractivity contribution >= 4 is 12.0 Å². The molecule has 1 aliphatic carbocycles. The van der Waals surface area contributed by atoms with Gasteiger partial charge in [-0.15, -0.1) is 0 Å². The third-order valence-electron chi connectivity index (χ3n) is 4.82. The summed E-state index contributed by atoms with van der Waals surface area (Å²) >= 11 is 0. The Morgan fingerprint density at radius 3 is 2.35 bits per heavy atom. The Morgan fingerprint density at radius 2 is 1.80 bits per heavy atom. The number of amides is 2. The minimum Gasteiger partial charge on any atom is -0.481 e. The van der Waals surface area contributed by atoms with Crippen LogP contribution in [0.15, 0.2) is 0 Å². The predicted octanol–water partition coefficient (Wildman–Crippen LogP) is 2.46. The number of hydrogen-bond acceptors (Lipinski definition) is 2. The average molecular weight is 282 g/mol. The number of carboxylic acid groups (broad SMARTS) is 1. The fourth-order valence-electron chi connectivity index (χ4n) is 3.45. The topological polar surface area (TPSA) is 69.6 Å². The summed E-state index contributed by atoms with van der Waals surface area (Å²) in [5, 5.41) is 11.9. The highest BCUT2D eigenvalue weighted by Crippen LogP contribution is 2.28. The fraction of sp³-hybridized carbons (Fsp3) is 0.867. The highest BCUT2D eigenvalue weighted by atomic mass is 16.4. The first-order valence-corrected chi connectivity index (χ1v) is 7.83. The van der Waals surface area contributed by atoms with E-state index in [0.717, 1.165) is 12.8 Å². The van der Waals surface area contributed by atoms with Crippen molar-refractivity contribution in [3.8, 4) is 0 Å². The molecule has 2 N–H and O–H groups in total. The summed E-state index contributed by atoms with van der Waals surface area (Å²) in [5.74, 6) is 0.120. The number of carbonyl (C=O) groups is 2. The summed E-state index contributed by atoms with van der Waals surface area (Å²) in [6.07, 6.45) is 6.85. The van der Waals surface area contributed by atoms with Gasteiger partial charge in [0.25, 0.3) is 0 Å². The third kappa shape index (κ3) is 4.12. The van der Waals surface area contributed by atoms with Crippen LogP contribution in [-0.2, 0) is 4.79 Å². The number of nitrogens with zero attached hydrogens (tertiary/aromatic N) is 1. The fourth-order valence-corrected chi connectivity index (χ4v) is 3.45. The molecule has 2 amide bonds. The summed E-state index contributed by atoms with van der Waals surface area (Å²) in [4.78, 5) is 24.7. The predicted molar refractivity (Wildman–Crippen MR) is 76.5 cm³/mol. The van der Waals surface area contributed by atoms with Gasteiger partial charge in [-0.1, -0.05) is 12.8 Å². The van der Waals surface area contributed by atoms with Crippen LogP contribution in [0.1, 0.15) is 51.9 Å². The lowest BCUT2D eigenvalue weighted by Gasteiger charge is -2.33. The van der Waals surface area contributed by atoms with Crippen LogP contribution >= 0.6 is 0 Å². The highest BCUT2D eigenvalue weighted by Gasteiger charge is 2.27. The van der Waals surface area contributed by atoms with Crippen molar-refractivity contribution in [2.75, 3.05) is 13.1 Å². The van der Waals surface area contributed by atoms with E-state index in [1.807, 2.05) is 4.90 Å². The molecule has 1 unspecified atom stereocenters. The molecule has 0 spiro atoms. The summed E-state index contributed by atoms with van der Waals surface area (Å²) < 4.78 is 0. The standard InChI is InChI=1S/C15H26N2O3/c1-11(13-4-2-3-5-13)16-15(20)17-8-6-12(7-9-17)10-14(18)19/h11-13H,2-10H2,1H3,(H,16,20)(H,18,19). The van der Waals surface area contributed by atoms with E-state index in [9.17, 15) is 9.59 Å². The van der Waals surface area contributed by atoms with Crippen LogP contribution in [0, 0.1) is 11.8 Å². The molecule has 0 bridgehead atoms. The number of carbonyl (C=O) groups excluding carboxylic acids is 1. The van der Waals surface area contributed by atoms with Gasteiger partial charge < -0.3 is 15.3 Å². The van der Waals surface area contributed by atoms with Gasteiger partial charge in [0.2, 0.25) is 0 Å². The molecular weight excluding hydrogens is 256 g/mol. The monoisotopic (exact) mass is 282 g/mol. The molecule has 1 saturated carbocycles. The summed E-state index contributed by atoms with van der Waals surface area (Å²) in [6, 6.07) is 0.278. The normalized spacial score (nSPS) is 22.8. The van der Waals surface area contributed by atoms with Crippen molar-refractivity contribution in [2.24, 2.45) is 11.8 Å². The highest BCUT2D eigenvalue weighted by molar-refractivity contribution is 5.74.